The van der Waals surface area contributed by atoms with Crippen molar-refractivity contribution < 1.29 is 14.7 Å². The van der Waals surface area contributed by atoms with E-state index in [-0.39, 0.29) is 29.4 Å². The number of anilines is 1. The number of nitrogens with zero attached hydrogens (tertiary/aromatic N) is 1. The number of hydrogen-bond donors (Lipinski definition) is 2. The second-order valence-corrected chi connectivity index (χ2v) is 7.05. The normalized spacial score (nSPS) is 10.9. The number of Topliss-reactive ketones (excluding diaryl/α,β-unsaturated/α-hetero) is 1. The molecule has 0 aliphatic carbocycles. The molecule has 2 heterocycles. The molecule has 0 bridgehead atoms. The standard InChI is InChI=1S/C24H20N2O3/c1-15-5-9-17(10-6-15)24(29)23-22(25)21(19-4-2-3-13-26(19)23)20(28)14-16-7-11-18(27)12-8-16/h2-13,27H,14,25H2,1H3. The van der Waals surface area contributed by atoms with Crippen LogP contribution in [0.4, 0.5) is 5.69 Å². The number of phenolic OH excluding ortho intramolecular Hbond substituents is 1. The number of rotatable bonds is 5. The number of aromatic nitrogens is 1. The smallest absolute Gasteiger partial charge is 0.211 e. The Morgan fingerprint density at radius 2 is 1.66 bits per heavy atom. The molecule has 0 fully saturated rings. The van der Waals surface area contributed by atoms with Crippen molar-refractivity contribution in [2.75, 3.05) is 5.73 Å². The predicted octanol–water partition coefficient (Wildman–Crippen LogP) is 4.19. The summed E-state index contributed by atoms with van der Waals surface area (Å²) in [6.07, 6.45) is 1.86. The van der Waals surface area contributed by atoms with E-state index in [9.17, 15) is 14.7 Å². The molecule has 0 unspecified atom stereocenters. The summed E-state index contributed by atoms with van der Waals surface area (Å²) in [5.74, 6) is -0.270. The van der Waals surface area contributed by atoms with Gasteiger partial charge in [-0.15, -0.1) is 0 Å². The highest BCUT2D eigenvalue weighted by atomic mass is 16.3. The van der Waals surface area contributed by atoms with Gasteiger partial charge in [-0.2, -0.15) is 0 Å². The number of carbonyl (C=O) groups is 2. The number of hydrogen-bond acceptors (Lipinski definition) is 4. The van der Waals surface area contributed by atoms with E-state index < -0.39 is 0 Å². The van der Waals surface area contributed by atoms with Gasteiger partial charge in [-0.05, 0) is 36.8 Å². The highest BCUT2D eigenvalue weighted by Gasteiger charge is 2.26. The Bertz CT molecular complexity index is 1220. The van der Waals surface area contributed by atoms with Crippen LogP contribution in [-0.4, -0.2) is 21.1 Å². The molecule has 0 spiro atoms. The molecular formula is C24H20N2O3. The van der Waals surface area contributed by atoms with E-state index in [0.717, 1.165) is 11.1 Å². The average Bonchev–Trinajstić information content (AvgIpc) is 3.01. The van der Waals surface area contributed by atoms with Crippen molar-refractivity contribution in [3.05, 3.63) is 101 Å². The summed E-state index contributed by atoms with van der Waals surface area (Å²) in [5, 5.41) is 9.44. The molecule has 29 heavy (non-hydrogen) atoms. The van der Waals surface area contributed by atoms with Crippen molar-refractivity contribution >= 4 is 22.8 Å². The van der Waals surface area contributed by atoms with Crippen LogP contribution in [0, 0.1) is 6.92 Å². The van der Waals surface area contributed by atoms with Crippen molar-refractivity contribution in [2.24, 2.45) is 0 Å². The molecule has 0 saturated heterocycles. The average molecular weight is 384 g/mol. The number of ketones is 2. The van der Waals surface area contributed by atoms with Crippen LogP contribution in [0.5, 0.6) is 5.75 Å². The molecule has 4 aromatic rings. The van der Waals surface area contributed by atoms with Crippen molar-refractivity contribution in [2.45, 2.75) is 13.3 Å². The molecule has 0 amide bonds. The fraction of sp³-hybridized carbons (Fsp3) is 0.0833. The summed E-state index contributed by atoms with van der Waals surface area (Å²) in [4.78, 5) is 26.3. The minimum Gasteiger partial charge on any atom is -0.508 e. The summed E-state index contributed by atoms with van der Waals surface area (Å²) < 4.78 is 1.68. The number of fused-ring (bicyclic) bond motifs is 1. The molecule has 0 aliphatic heterocycles. The maximum Gasteiger partial charge on any atom is 0.211 e. The summed E-state index contributed by atoms with van der Waals surface area (Å²) in [6, 6.07) is 19.1. The van der Waals surface area contributed by atoms with Crippen LogP contribution < -0.4 is 5.73 Å². The monoisotopic (exact) mass is 384 g/mol. The van der Waals surface area contributed by atoms with Crippen molar-refractivity contribution in [3.63, 3.8) is 0 Å². The molecule has 0 aliphatic rings. The Morgan fingerprint density at radius 3 is 2.34 bits per heavy atom. The van der Waals surface area contributed by atoms with Crippen LogP contribution in [0.25, 0.3) is 5.52 Å². The molecule has 144 valence electrons. The predicted molar refractivity (Wildman–Crippen MR) is 113 cm³/mol. The van der Waals surface area contributed by atoms with Crippen LogP contribution in [-0.2, 0) is 6.42 Å². The third-order valence-electron chi connectivity index (χ3n) is 4.99. The number of pyridine rings is 1. The summed E-state index contributed by atoms with van der Waals surface area (Å²) in [6.45, 7) is 1.95. The fourth-order valence-corrected chi connectivity index (χ4v) is 3.48. The Labute approximate surface area is 168 Å². The van der Waals surface area contributed by atoms with Crippen molar-refractivity contribution in [1.29, 1.82) is 0 Å². The lowest BCUT2D eigenvalue weighted by atomic mass is 10.0. The van der Waals surface area contributed by atoms with Crippen LogP contribution in [0.2, 0.25) is 0 Å². The number of nitrogen functional groups attached to an aromatic ring is 1. The zero-order valence-corrected chi connectivity index (χ0v) is 15.9. The van der Waals surface area contributed by atoms with Gasteiger partial charge in [0.15, 0.2) is 5.78 Å². The van der Waals surface area contributed by atoms with E-state index in [1.165, 1.54) is 12.1 Å². The van der Waals surface area contributed by atoms with E-state index in [1.807, 2.05) is 25.1 Å². The number of aromatic hydroxyl groups is 1. The SMILES string of the molecule is Cc1ccc(C(=O)c2c(N)c(C(=O)Cc3ccc(O)cc3)c3ccccn23)cc1. The number of phenols is 1. The summed E-state index contributed by atoms with van der Waals surface area (Å²) >= 11 is 0. The van der Waals surface area contributed by atoms with E-state index in [1.54, 1.807) is 47.0 Å². The van der Waals surface area contributed by atoms with Gasteiger partial charge in [0.2, 0.25) is 5.78 Å². The third kappa shape index (κ3) is 3.38. The lowest BCUT2D eigenvalue weighted by Crippen LogP contribution is -2.09. The van der Waals surface area contributed by atoms with Crippen molar-refractivity contribution in [3.8, 4) is 5.75 Å². The largest absolute Gasteiger partial charge is 0.508 e. The zero-order chi connectivity index (χ0) is 20.5. The Balaban J connectivity index is 1.80. The lowest BCUT2D eigenvalue weighted by Gasteiger charge is -2.04. The Hall–Kier alpha value is -3.86. The first-order chi connectivity index (χ1) is 14.0. The van der Waals surface area contributed by atoms with Crippen LogP contribution in [0.15, 0.2) is 72.9 Å². The van der Waals surface area contributed by atoms with Gasteiger partial charge in [-0.25, -0.2) is 0 Å². The Morgan fingerprint density at radius 1 is 0.966 bits per heavy atom. The molecule has 0 atom stereocenters. The molecule has 5 nitrogen and oxygen atoms in total. The van der Waals surface area contributed by atoms with E-state index in [4.69, 9.17) is 5.73 Å². The molecule has 0 radical (unpaired) electrons. The van der Waals surface area contributed by atoms with Gasteiger partial charge < -0.3 is 15.2 Å². The maximum atomic E-state index is 13.2. The Kier molecular flexibility index (Phi) is 4.64. The van der Waals surface area contributed by atoms with E-state index >= 15 is 0 Å². The molecule has 5 heteroatoms. The first-order valence-corrected chi connectivity index (χ1v) is 9.26. The number of benzene rings is 2. The van der Waals surface area contributed by atoms with Crippen LogP contribution in [0.3, 0.4) is 0 Å². The summed E-state index contributed by atoms with van der Waals surface area (Å²) in [7, 11) is 0. The third-order valence-corrected chi connectivity index (χ3v) is 4.99. The van der Waals surface area contributed by atoms with Gasteiger partial charge in [0.05, 0.1) is 16.8 Å². The molecule has 3 N–H and O–H groups in total. The van der Waals surface area contributed by atoms with E-state index in [0.29, 0.717) is 22.3 Å². The van der Waals surface area contributed by atoms with Gasteiger partial charge in [0.1, 0.15) is 11.4 Å². The molecule has 0 saturated carbocycles. The van der Waals surface area contributed by atoms with Crippen molar-refractivity contribution in [1.82, 2.24) is 4.40 Å². The van der Waals surface area contributed by atoms with Crippen LogP contribution >= 0.6 is 0 Å². The summed E-state index contributed by atoms with van der Waals surface area (Å²) in [5.41, 5.74) is 10.1. The number of carbonyl (C=O) groups excluding carboxylic acids is 2. The van der Waals surface area contributed by atoms with Gasteiger partial charge in [-0.1, -0.05) is 48.0 Å². The molecular weight excluding hydrogens is 364 g/mol. The maximum absolute atomic E-state index is 13.2. The minimum absolute atomic E-state index is 0.122. The fourth-order valence-electron chi connectivity index (χ4n) is 3.48. The van der Waals surface area contributed by atoms with E-state index in [2.05, 4.69) is 0 Å². The lowest BCUT2D eigenvalue weighted by molar-refractivity contribution is 0.0994. The van der Waals surface area contributed by atoms with Crippen LogP contribution in [0.1, 0.15) is 37.5 Å². The first kappa shape index (κ1) is 18.5. The number of aryl methyl sites for hydroxylation is 1. The second kappa shape index (κ2) is 7.28. The molecule has 4 rings (SSSR count). The molecule has 2 aromatic heterocycles. The highest BCUT2D eigenvalue weighted by Crippen LogP contribution is 2.30. The van der Waals surface area contributed by atoms with Gasteiger partial charge in [0, 0.05) is 18.2 Å². The quantitative estimate of drug-likeness (QED) is 0.505. The first-order valence-electron chi connectivity index (χ1n) is 9.26. The zero-order valence-electron chi connectivity index (χ0n) is 15.9. The minimum atomic E-state index is -0.229. The second-order valence-electron chi connectivity index (χ2n) is 7.05. The highest BCUT2D eigenvalue weighted by molar-refractivity contribution is 6.18. The van der Waals surface area contributed by atoms with Gasteiger partial charge >= 0.3 is 0 Å². The van der Waals surface area contributed by atoms with Gasteiger partial charge in [-0.3, -0.25) is 9.59 Å². The molecule has 2 aromatic carbocycles. The van der Waals surface area contributed by atoms with Gasteiger partial charge in [0.25, 0.3) is 0 Å². The number of nitrogens with two attached hydrogens (primary N) is 1. The topological polar surface area (TPSA) is 84.8 Å².